The van der Waals surface area contributed by atoms with Crippen LogP contribution in [-0.2, 0) is 16.4 Å². The molecule has 0 atom stereocenters. The van der Waals surface area contributed by atoms with Crippen molar-refractivity contribution in [2.45, 2.75) is 17.3 Å². The van der Waals surface area contributed by atoms with Gasteiger partial charge in [0.15, 0.2) is 11.6 Å². The molecule has 0 aliphatic heterocycles. The standard InChI is InChI=1S/C14H10BrF3O3S/c15-10-3-6-13(12(16)7-10)21-8-9-1-4-11(5-2-9)22(19,20)14(17)18/h1-7,14H,8H2. The third-order valence-electron chi connectivity index (χ3n) is 2.77. The lowest BCUT2D eigenvalue weighted by atomic mass is 10.2. The quantitative estimate of drug-likeness (QED) is 0.764. The van der Waals surface area contributed by atoms with E-state index < -0.39 is 26.3 Å². The van der Waals surface area contributed by atoms with Gasteiger partial charge in [0.05, 0.1) is 4.90 Å². The van der Waals surface area contributed by atoms with Crippen LogP contribution < -0.4 is 4.74 Å². The largest absolute Gasteiger partial charge is 0.486 e. The molecule has 0 saturated carbocycles. The summed E-state index contributed by atoms with van der Waals surface area (Å²) in [6, 6.07) is 9.10. The molecule has 0 N–H and O–H groups in total. The molecule has 2 rings (SSSR count). The van der Waals surface area contributed by atoms with Crippen LogP contribution in [0.1, 0.15) is 5.56 Å². The van der Waals surface area contributed by atoms with Crippen LogP contribution in [0.3, 0.4) is 0 Å². The van der Waals surface area contributed by atoms with Gasteiger partial charge in [-0.15, -0.1) is 0 Å². The van der Waals surface area contributed by atoms with Gasteiger partial charge in [0.25, 0.3) is 0 Å². The number of benzene rings is 2. The van der Waals surface area contributed by atoms with E-state index in [4.69, 9.17) is 4.74 Å². The molecule has 0 amide bonds. The number of hydrogen-bond donors (Lipinski definition) is 0. The predicted octanol–water partition coefficient (Wildman–Crippen LogP) is 4.16. The summed E-state index contributed by atoms with van der Waals surface area (Å²) in [5.41, 5.74) is 0.524. The van der Waals surface area contributed by atoms with Crippen LogP contribution in [0.5, 0.6) is 5.75 Å². The molecule has 0 fully saturated rings. The topological polar surface area (TPSA) is 43.4 Å². The first kappa shape index (κ1) is 16.8. The van der Waals surface area contributed by atoms with Crippen LogP contribution in [0.4, 0.5) is 13.2 Å². The third-order valence-corrected chi connectivity index (χ3v) is 4.67. The minimum absolute atomic E-state index is 0.0203. The van der Waals surface area contributed by atoms with Crippen molar-refractivity contribution in [1.29, 1.82) is 0 Å². The van der Waals surface area contributed by atoms with Crippen molar-refractivity contribution in [1.82, 2.24) is 0 Å². The zero-order valence-corrected chi connectivity index (χ0v) is 13.4. The Kier molecular flexibility index (Phi) is 5.12. The Morgan fingerprint density at radius 3 is 2.27 bits per heavy atom. The summed E-state index contributed by atoms with van der Waals surface area (Å²) in [6.07, 6.45) is 0. The van der Waals surface area contributed by atoms with Gasteiger partial charge in [-0.2, -0.15) is 8.78 Å². The van der Waals surface area contributed by atoms with E-state index in [-0.39, 0.29) is 12.4 Å². The maximum atomic E-state index is 13.5. The highest BCUT2D eigenvalue weighted by Crippen LogP contribution is 2.23. The van der Waals surface area contributed by atoms with Crippen LogP contribution >= 0.6 is 15.9 Å². The molecule has 0 radical (unpaired) electrons. The Labute approximate surface area is 133 Å². The second kappa shape index (κ2) is 6.70. The van der Waals surface area contributed by atoms with E-state index >= 15 is 0 Å². The minimum atomic E-state index is -4.61. The Morgan fingerprint density at radius 1 is 1.09 bits per heavy atom. The lowest BCUT2D eigenvalue weighted by Crippen LogP contribution is -2.11. The number of ether oxygens (including phenoxy) is 1. The fourth-order valence-corrected chi connectivity index (χ4v) is 2.69. The van der Waals surface area contributed by atoms with Crippen molar-refractivity contribution in [3.8, 4) is 5.75 Å². The van der Waals surface area contributed by atoms with Crippen molar-refractivity contribution in [3.05, 3.63) is 58.3 Å². The van der Waals surface area contributed by atoms with Crippen LogP contribution in [0.2, 0.25) is 0 Å². The van der Waals surface area contributed by atoms with Gasteiger partial charge >= 0.3 is 5.76 Å². The molecule has 0 heterocycles. The Hall–Kier alpha value is -1.54. The van der Waals surface area contributed by atoms with Crippen molar-refractivity contribution >= 4 is 25.8 Å². The number of hydrogen-bond acceptors (Lipinski definition) is 3. The van der Waals surface area contributed by atoms with Crippen molar-refractivity contribution < 1.29 is 26.3 Å². The first-order valence-electron chi connectivity index (χ1n) is 5.99. The maximum absolute atomic E-state index is 13.5. The third kappa shape index (κ3) is 3.80. The monoisotopic (exact) mass is 394 g/mol. The predicted molar refractivity (Wildman–Crippen MR) is 78.1 cm³/mol. The molecule has 0 spiro atoms. The molecule has 2 aromatic rings. The van der Waals surface area contributed by atoms with E-state index in [1.165, 1.54) is 24.3 Å². The lowest BCUT2D eigenvalue weighted by molar-refractivity contribution is 0.234. The van der Waals surface area contributed by atoms with E-state index in [0.717, 1.165) is 12.1 Å². The summed E-state index contributed by atoms with van der Waals surface area (Å²) in [4.78, 5) is -0.471. The second-order valence-corrected chi connectivity index (χ2v) is 7.15. The number of rotatable bonds is 5. The average Bonchev–Trinajstić information content (AvgIpc) is 2.46. The Balaban J connectivity index is 2.09. The molecule has 0 aliphatic rings. The van der Waals surface area contributed by atoms with Gasteiger partial charge in [0, 0.05) is 4.47 Å². The maximum Gasteiger partial charge on any atom is 0.341 e. The van der Waals surface area contributed by atoms with Gasteiger partial charge in [0.1, 0.15) is 6.61 Å². The van der Waals surface area contributed by atoms with E-state index in [2.05, 4.69) is 15.9 Å². The van der Waals surface area contributed by atoms with Gasteiger partial charge < -0.3 is 4.74 Å². The highest BCUT2D eigenvalue weighted by Gasteiger charge is 2.26. The van der Waals surface area contributed by atoms with Crippen molar-refractivity contribution in [3.63, 3.8) is 0 Å². The van der Waals surface area contributed by atoms with Gasteiger partial charge in [-0.25, -0.2) is 12.8 Å². The molecule has 0 saturated heterocycles. The molecule has 118 valence electrons. The highest BCUT2D eigenvalue weighted by molar-refractivity contribution is 9.10. The van der Waals surface area contributed by atoms with Crippen molar-refractivity contribution in [2.24, 2.45) is 0 Å². The van der Waals surface area contributed by atoms with E-state index in [1.807, 2.05) is 0 Å². The molecule has 2 aromatic carbocycles. The van der Waals surface area contributed by atoms with Gasteiger partial charge in [-0.1, -0.05) is 28.1 Å². The second-order valence-electron chi connectivity index (χ2n) is 4.31. The van der Waals surface area contributed by atoms with E-state index in [1.54, 1.807) is 6.07 Å². The molecular weight excluding hydrogens is 385 g/mol. The molecule has 0 bridgehead atoms. The fraction of sp³-hybridized carbons (Fsp3) is 0.143. The van der Waals surface area contributed by atoms with Gasteiger partial charge in [0.2, 0.25) is 9.84 Å². The fourth-order valence-electron chi connectivity index (χ4n) is 1.63. The summed E-state index contributed by atoms with van der Waals surface area (Å²) in [5, 5.41) is 0. The lowest BCUT2D eigenvalue weighted by Gasteiger charge is -2.08. The summed E-state index contributed by atoms with van der Waals surface area (Å²) < 4.78 is 66.7. The summed E-state index contributed by atoms with van der Waals surface area (Å²) in [7, 11) is -4.61. The average molecular weight is 395 g/mol. The summed E-state index contributed by atoms with van der Waals surface area (Å²) in [5.74, 6) is -3.98. The zero-order chi connectivity index (χ0) is 16.3. The number of halogens is 4. The van der Waals surface area contributed by atoms with Gasteiger partial charge in [-0.3, -0.25) is 0 Å². The van der Waals surface area contributed by atoms with Crippen LogP contribution in [-0.4, -0.2) is 14.2 Å². The molecule has 0 unspecified atom stereocenters. The summed E-state index contributed by atoms with van der Waals surface area (Å²) in [6.45, 7) is -0.0203. The molecule has 0 aliphatic carbocycles. The highest BCUT2D eigenvalue weighted by atomic mass is 79.9. The molecule has 0 aromatic heterocycles. The van der Waals surface area contributed by atoms with Crippen molar-refractivity contribution in [2.75, 3.05) is 0 Å². The molecule has 22 heavy (non-hydrogen) atoms. The molecular formula is C14H10BrF3O3S. The smallest absolute Gasteiger partial charge is 0.341 e. The van der Waals surface area contributed by atoms with E-state index in [9.17, 15) is 21.6 Å². The normalized spacial score (nSPS) is 11.7. The Morgan fingerprint density at radius 2 is 1.73 bits per heavy atom. The van der Waals surface area contributed by atoms with E-state index in [0.29, 0.717) is 10.0 Å². The summed E-state index contributed by atoms with van der Waals surface area (Å²) >= 11 is 3.12. The minimum Gasteiger partial charge on any atom is -0.486 e. The Bertz CT molecular complexity index is 761. The first-order valence-corrected chi connectivity index (χ1v) is 8.33. The van der Waals surface area contributed by atoms with Gasteiger partial charge in [-0.05, 0) is 35.9 Å². The molecule has 8 heteroatoms. The SMILES string of the molecule is O=S(=O)(c1ccc(COc2ccc(Br)cc2F)cc1)C(F)F. The van der Waals surface area contributed by atoms with Crippen LogP contribution in [0, 0.1) is 5.82 Å². The number of alkyl halides is 2. The first-order chi connectivity index (χ1) is 10.3. The van der Waals surface area contributed by atoms with Crippen LogP contribution in [0.15, 0.2) is 51.8 Å². The molecule has 3 nitrogen and oxygen atoms in total. The number of sulfone groups is 1. The zero-order valence-electron chi connectivity index (χ0n) is 11.0. The van der Waals surface area contributed by atoms with Crippen LogP contribution in [0.25, 0.3) is 0 Å².